The summed E-state index contributed by atoms with van der Waals surface area (Å²) in [5.41, 5.74) is -0.0783. The highest BCUT2D eigenvalue weighted by Gasteiger charge is 2.30. The van der Waals surface area contributed by atoms with Gasteiger partial charge in [-0.15, -0.1) is 0 Å². The number of rotatable bonds is 1. The molecule has 0 aromatic heterocycles. The molecular weight excluding hydrogens is 154 g/mol. The first kappa shape index (κ1) is 9.52. The van der Waals surface area contributed by atoms with Crippen LogP contribution in [0.2, 0.25) is 0 Å². The van der Waals surface area contributed by atoms with Gasteiger partial charge < -0.3 is 10.4 Å². The Labute approximate surface area is 73.2 Å². The average molecular weight is 171 g/mol. The Bertz CT molecular complexity index is 171. The van der Waals surface area contributed by atoms with Crippen LogP contribution in [0.3, 0.4) is 0 Å². The summed E-state index contributed by atoms with van der Waals surface area (Å²) in [6.45, 7) is 3.58. The Morgan fingerprint density at radius 1 is 1.50 bits per heavy atom. The molecule has 1 amide bonds. The van der Waals surface area contributed by atoms with Crippen molar-refractivity contribution in [2.24, 2.45) is 0 Å². The van der Waals surface area contributed by atoms with Crippen molar-refractivity contribution in [1.82, 2.24) is 5.32 Å². The van der Waals surface area contributed by atoms with Crippen LogP contribution in [-0.4, -0.2) is 22.7 Å². The molecule has 1 fully saturated rings. The van der Waals surface area contributed by atoms with Crippen LogP contribution >= 0.6 is 0 Å². The van der Waals surface area contributed by atoms with E-state index in [-0.39, 0.29) is 17.6 Å². The predicted octanol–water partition coefficient (Wildman–Crippen LogP) is 0.816. The van der Waals surface area contributed by atoms with E-state index in [1.54, 1.807) is 0 Å². The zero-order chi connectivity index (χ0) is 9.19. The number of amides is 1. The molecule has 70 valence electrons. The second-order valence-corrected chi connectivity index (χ2v) is 3.97. The van der Waals surface area contributed by atoms with Gasteiger partial charge in [0.15, 0.2) is 0 Å². The summed E-state index contributed by atoms with van der Waals surface area (Å²) >= 11 is 0. The molecular formula is C9H17NO2. The van der Waals surface area contributed by atoms with Crippen LogP contribution in [0.4, 0.5) is 0 Å². The van der Waals surface area contributed by atoms with Gasteiger partial charge in [0.1, 0.15) is 0 Å². The maximum atomic E-state index is 10.8. The van der Waals surface area contributed by atoms with Crippen molar-refractivity contribution in [1.29, 1.82) is 0 Å². The van der Waals surface area contributed by atoms with Crippen molar-refractivity contribution < 1.29 is 9.90 Å². The Balaban J connectivity index is 2.44. The number of hydrogen-bond acceptors (Lipinski definition) is 2. The summed E-state index contributed by atoms with van der Waals surface area (Å²) < 4.78 is 0. The van der Waals surface area contributed by atoms with Gasteiger partial charge in [0.2, 0.25) is 5.91 Å². The summed E-state index contributed by atoms with van der Waals surface area (Å²) in [7, 11) is 0. The maximum absolute atomic E-state index is 10.8. The fourth-order valence-electron chi connectivity index (χ4n) is 1.79. The molecule has 2 N–H and O–H groups in total. The molecule has 0 aliphatic heterocycles. The Kier molecular flexibility index (Phi) is 2.73. The zero-order valence-corrected chi connectivity index (χ0v) is 7.76. The smallest absolute Gasteiger partial charge is 0.217 e. The lowest BCUT2D eigenvalue weighted by molar-refractivity contribution is -0.121. The fraction of sp³-hybridized carbons (Fsp3) is 0.889. The highest BCUT2D eigenvalue weighted by atomic mass is 16.3. The normalized spacial score (nSPS) is 36.1. The van der Waals surface area contributed by atoms with Gasteiger partial charge in [-0.2, -0.15) is 0 Å². The van der Waals surface area contributed by atoms with Crippen LogP contribution in [-0.2, 0) is 4.79 Å². The molecule has 0 spiro atoms. The lowest BCUT2D eigenvalue weighted by Crippen LogP contribution is -2.48. The van der Waals surface area contributed by atoms with Gasteiger partial charge in [-0.3, -0.25) is 4.79 Å². The van der Waals surface area contributed by atoms with Gasteiger partial charge in [0.05, 0.1) is 6.10 Å². The largest absolute Gasteiger partial charge is 0.393 e. The number of aliphatic hydroxyl groups excluding tert-OH is 1. The molecule has 0 radical (unpaired) electrons. The molecule has 1 rings (SSSR count). The molecule has 0 unspecified atom stereocenters. The van der Waals surface area contributed by atoms with Gasteiger partial charge in [-0.1, -0.05) is 0 Å². The molecule has 0 atom stereocenters. The third-order valence-electron chi connectivity index (χ3n) is 2.54. The van der Waals surface area contributed by atoms with E-state index in [4.69, 9.17) is 0 Å². The Hall–Kier alpha value is -0.570. The molecule has 0 heterocycles. The number of nitrogens with one attached hydrogen (secondary N) is 1. The molecule has 3 heteroatoms. The van der Waals surface area contributed by atoms with E-state index in [1.807, 2.05) is 6.92 Å². The highest BCUT2D eigenvalue weighted by molar-refractivity contribution is 5.73. The third kappa shape index (κ3) is 2.48. The first-order valence-corrected chi connectivity index (χ1v) is 4.49. The lowest BCUT2D eigenvalue weighted by atomic mass is 9.82. The minimum atomic E-state index is -0.160. The van der Waals surface area contributed by atoms with E-state index in [2.05, 4.69) is 5.32 Å². The van der Waals surface area contributed by atoms with Gasteiger partial charge in [-0.05, 0) is 32.6 Å². The first-order valence-electron chi connectivity index (χ1n) is 4.49. The molecule has 0 bridgehead atoms. The summed E-state index contributed by atoms with van der Waals surface area (Å²) in [5, 5.41) is 12.2. The molecule has 0 aromatic carbocycles. The number of carbonyl (C=O) groups is 1. The topological polar surface area (TPSA) is 49.3 Å². The van der Waals surface area contributed by atoms with Crippen LogP contribution in [0, 0.1) is 0 Å². The van der Waals surface area contributed by atoms with Gasteiger partial charge in [0.25, 0.3) is 0 Å². The van der Waals surface area contributed by atoms with Crippen molar-refractivity contribution in [2.75, 3.05) is 0 Å². The fourth-order valence-corrected chi connectivity index (χ4v) is 1.79. The van der Waals surface area contributed by atoms with Crippen LogP contribution in [0.15, 0.2) is 0 Å². The van der Waals surface area contributed by atoms with Crippen molar-refractivity contribution in [3.63, 3.8) is 0 Å². The summed E-state index contributed by atoms with van der Waals surface area (Å²) in [6, 6.07) is 0. The van der Waals surface area contributed by atoms with Crippen molar-refractivity contribution in [3.05, 3.63) is 0 Å². The average Bonchev–Trinajstić information content (AvgIpc) is 1.94. The first-order chi connectivity index (χ1) is 5.52. The monoisotopic (exact) mass is 171 g/mol. The second kappa shape index (κ2) is 3.44. The van der Waals surface area contributed by atoms with Gasteiger partial charge >= 0.3 is 0 Å². The van der Waals surface area contributed by atoms with E-state index in [0.29, 0.717) is 0 Å². The SMILES string of the molecule is CC(=O)N[C@]1(C)CC[C@H](O)CC1. The summed E-state index contributed by atoms with van der Waals surface area (Å²) in [5.74, 6) is 0.0221. The van der Waals surface area contributed by atoms with Crippen molar-refractivity contribution >= 4 is 5.91 Å². The molecule has 0 aromatic rings. The number of aliphatic hydroxyl groups is 1. The predicted molar refractivity (Wildman–Crippen MR) is 46.7 cm³/mol. The standard InChI is InChI=1S/C9H17NO2/c1-7(11)10-9(2)5-3-8(12)4-6-9/h8,12H,3-6H2,1-2H3,(H,10,11)/t8-,9+. The third-order valence-corrected chi connectivity index (χ3v) is 2.54. The molecule has 3 nitrogen and oxygen atoms in total. The van der Waals surface area contributed by atoms with Crippen LogP contribution in [0.5, 0.6) is 0 Å². The Morgan fingerprint density at radius 2 is 2.00 bits per heavy atom. The minimum absolute atomic E-state index is 0.0221. The maximum Gasteiger partial charge on any atom is 0.217 e. The minimum Gasteiger partial charge on any atom is -0.393 e. The quantitative estimate of drug-likeness (QED) is 0.613. The van der Waals surface area contributed by atoms with Crippen molar-refractivity contribution in [2.45, 2.75) is 51.2 Å². The van der Waals surface area contributed by atoms with E-state index >= 15 is 0 Å². The summed E-state index contributed by atoms with van der Waals surface area (Å²) in [4.78, 5) is 10.8. The summed E-state index contributed by atoms with van der Waals surface area (Å²) in [6.07, 6.45) is 3.21. The molecule has 1 saturated carbocycles. The number of hydrogen-bond donors (Lipinski definition) is 2. The van der Waals surface area contributed by atoms with Gasteiger partial charge in [-0.25, -0.2) is 0 Å². The zero-order valence-electron chi connectivity index (χ0n) is 7.76. The van der Waals surface area contributed by atoms with Crippen molar-refractivity contribution in [3.8, 4) is 0 Å². The number of carbonyl (C=O) groups excluding carboxylic acids is 1. The van der Waals surface area contributed by atoms with E-state index < -0.39 is 0 Å². The second-order valence-electron chi connectivity index (χ2n) is 3.97. The molecule has 0 saturated heterocycles. The molecule has 12 heavy (non-hydrogen) atoms. The van der Waals surface area contributed by atoms with Crippen LogP contribution < -0.4 is 5.32 Å². The highest BCUT2D eigenvalue weighted by Crippen LogP contribution is 2.27. The lowest BCUT2D eigenvalue weighted by Gasteiger charge is -2.36. The Morgan fingerprint density at radius 3 is 2.42 bits per heavy atom. The van der Waals surface area contributed by atoms with E-state index in [0.717, 1.165) is 25.7 Å². The van der Waals surface area contributed by atoms with Crippen LogP contribution in [0.25, 0.3) is 0 Å². The molecule has 1 aliphatic rings. The van der Waals surface area contributed by atoms with Gasteiger partial charge in [0, 0.05) is 12.5 Å². The van der Waals surface area contributed by atoms with E-state index in [9.17, 15) is 9.90 Å². The van der Waals surface area contributed by atoms with Crippen LogP contribution in [0.1, 0.15) is 39.5 Å². The molecule has 1 aliphatic carbocycles. The van der Waals surface area contributed by atoms with E-state index in [1.165, 1.54) is 6.92 Å².